The Kier molecular flexibility index (Phi) is 3.40. The van der Waals surface area contributed by atoms with Crippen LogP contribution in [0.25, 0.3) is 10.2 Å². The van der Waals surface area contributed by atoms with Gasteiger partial charge in [0.15, 0.2) is 0 Å². The summed E-state index contributed by atoms with van der Waals surface area (Å²) >= 11 is 1.38. The smallest absolute Gasteiger partial charge is 0.263 e. The van der Waals surface area contributed by atoms with Crippen LogP contribution in [0.15, 0.2) is 12.3 Å². The second-order valence-electron chi connectivity index (χ2n) is 6.56. The minimum atomic E-state index is -0.0603. The number of carbonyl (C=O) groups excluding carboxylic acids is 1. The van der Waals surface area contributed by atoms with E-state index in [0.29, 0.717) is 10.6 Å². The van der Waals surface area contributed by atoms with Crippen LogP contribution in [0.4, 0.5) is 5.69 Å². The Morgan fingerprint density at radius 1 is 1.52 bits per heavy atom. The topological polar surface area (TPSA) is 68.0 Å². The van der Waals surface area contributed by atoms with Gasteiger partial charge in [-0.25, -0.2) is 4.98 Å². The van der Waals surface area contributed by atoms with E-state index in [2.05, 4.69) is 24.1 Å². The SMILES string of the molecule is Cc1ccnc2sc(C(=O)NC3CCCC3(C)C)c(N)c12. The molecule has 0 spiro atoms. The van der Waals surface area contributed by atoms with E-state index in [-0.39, 0.29) is 17.4 Å². The first-order chi connectivity index (χ1) is 9.90. The van der Waals surface area contributed by atoms with Gasteiger partial charge in [-0.15, -0.1) is 11.3 Å². The number of hydrogen-bond acceptors (Lipinski definition) is 4. The molecule has 0 saturated heterocycles. The molecular formula is C16H21N3OS. The molecule has 2 heterocycles. The van der Waals surface area contributed by atoms with Crippen LogP contribution < -0.4 is 11.1 Å². The van der Waals surface area contributed by atoms with Crippen molar-refractivity contribution < 1.29 is 4.79 Å². The summed E-state index contributed by atoms with van der Waals surface area (Å²) in [6.45, 7) is 6.42. The van der Waals surface area contributed by atoms with Gasteiger partial charge in [0.1, 0.15) is 9.71 Å². The third kappa shape index (κ3) is 2.39. The van der Waals surface area contributed by atoms with Crippen molar-refractivity contribution in [1.29, 1.82) is 0 Å². The highest BCUT2D eigenvalue weighted by Crippen LogP contribution is 2.38. The zero-order valence-corrected chi connectivity index (χ0v) is 13.5. The maximum Gasteiger partial charge on any atom is 0.263 e. The fourth-order valence-corrected chi connectivity index (χ4v) is 4.23. The Morgan fingerprint density at radius 2 is 2.29 bits per heavy atom. The van der Waals surface area contributed by atoms with Gasteiger partial charge >= 0.3 is 0 Å². The Balaban J connectivity index is 1.92. The van der Waals surface area contributed by atoms with E-state index < -0.39 is 0 Å². The van der Waals surface area contributed by atoms with E-state index in [1.165, 1.54) is 17.8 Å². The van der Waals surface area contributed by atoms with Gasteiger partial charge in [0.05, 0.1) is 5.69 Å². The molecule has 1 unspecified atom stereocenters. The number of rotatable bonds is 2. The number of thiophene rings is 1. The first kappa shape index (κ1) is 14.3. The molecule has 3 rings (SSSR count). The number of aryl methyl sites for hydroxylation is 1. The number of nitrogens with zero attached hydrogens (tertiary/aromatic N) is 1. The van der Waals surface area contributed by atoms with E-state index in [9.17, 15) is 4.79 Å². The van der Waals surface area contributed by atoms with Gasteiger partial charge in [-0.1, -0.05) is 20.3 Å². The molecule has 1 aliphatic rings. The Bertz CT molecular complexity index is 705. The number of pyridine rings is 1. The highest BCUT2D eigenvalue weighted by Gasteiger charge is 2.36. The van der Waals surface area contributed by atoms with Crippen molar-refractivity contribution in [1.82, 2.24) is 10.3 Å². The Hall–Kier alpha value is -1.62. The molecule has 0 aliphatic heterocycles. The van der Waals surface area contributed by atoms with Gasteiger partial charge in [0, 0.05) is 17.6 Å². The fraction of sp³-hybridized carbons (Fsp3) is 0.500. The minimum absolute atomic E-state index is 0.0603. The highest BCUT2D eigenvalue weighted by molar-refractivity contribution is 7.21. The number of fused-ring (bicyclic) bond motifs is 1. The highest BCUT2D eigenvalue weighted by atomic mass is 32.1. The monoisotopic (exact) mass is 303 g/mol. The molecule has 0 radical (unpaired) electrons. The second-order valence-corrected chi connectivity index (χ2v) is 7.56. The number of carbonyl (C=O) groups is 1. The summed E-state index contributed by atoms with van der Waals surface area (Å²) in [4.78, 5) is 18.3. The predicted octanol–water partition coefficient (Wildman–Crippen LogP) is 3.50. The lowest BCUT2D eigenvalue weighted by Crippen LogP contribution is -2.41. The van der Waals surface area contributed by atoms with Gasteiger partial charge in [-0.05, 0) is 36.8 Å². The second kappa shape index (κ2) is 4.98. The van der Waals surface area contributed by atoms with Crippen LogP contribution in [0.3, 0.4) is 0 Å². The maximum atomic E-state index is 12.6. The molecule has 1 atom stereocenters. The number of aromatic nitrogens is 1. The molecule has 5 heteroatoms. The van der Waals surface area contributed by atoms with Crippen LogP contribution >= 0.6 is 11.3 Å². The van der Waals surface area contributed by atoms with Gasteiger partial charge in [-0.3, -0.25) is 4.79 Å². The number of anilines is 1. The van der Waals surface area contributed by atoms with E-state index in [1.54, 1.807) is 6.20 Å². The molecule has 0 bridgehead atoms. The number of amides is 1. The summed E-state index contributed by atoms with van der Waals surface area (Å²) in [7, 11) is 0. The number of nitrogen functional groups attached to an aromatic ring is 1. The van der Waals surface area contributed by atoms with E-state index >= 15 is 0 Å². The third-order valence-electron chi connectivity index (χ3n) is 4.61. The number of nitrogens with one attached hydrogen (secondary N) is 1. The first-order valence-corrected chi connectivity index (χ1v) is 8.16. The fourth-order valence-electron chi connectivity index (χ4n) is 3.19. The number of hydrogen-bond donors (Lipinski definition) is 2. The van der Waals surface area contributed by atoms with Crippen molar-refractivity contribution in [2.45, 2.75) is 46.1 Å². The summed E-state index contributed by atoms with van der Waals surface area (Å²) in [5.41, 5.74) is 7.98. The van der Waals surface area contributed by atoms with Gasteiger partial charge in [-0.2, -0.15) is 0 Å². The minimum Gasteiger partial charge on any atom is -0.397 e. The maximum absolute atomic E-state index is 12.6. The summed E-state index contributed by atoms with van der Waals surface area (Å²) in [6, 6.07) is 2.15. The normalized spacial score (nSPS) is 20.8. The van der Waals surface area contributed by atoms with Crippen LogP contribution in [0.1, 0.15) is 48.3 Å². The molecule has 2 aromatic heterocycles. The lowest BCUT2D eigenvalue weighted by molar-refractivity contribution is 0.0915. The standard InChI is InChI=1S/C16H21N3OS/c1-9-6-8-18-15-11(9)12(17)13(21-15)14(20)19-10-5-4-7-16(10,2)3/h6,8,10H,4-5,7,17H2,1-3H3,(H,19,20). The molecule has 1 amide bonds. The van der Waals surface area contributed by atoms with E-state index in [1.807, 2.05) is 13.0 Å². The molecular weight excluding hydrogens is 282 g/mol. The lowest BCUT2D eigenvalue weighted by Gasteiger charge is -2.27. The van der Waals surface area contributed by atoms with Crippen molar-refractivity contribution in [2.24, 2.45) is 5.41 Å². The molecule has 21 heavy (non-hydrogen) atoms. The number of nitrogens with two attached hydrogens (primary N) is 1. The van der Waals surface area contributed by atoms with Crippen LogP contribution in [0, 0.1) is 12.3 Å². The molecule has 3 N–H and O–H groups in total. The summed E-state index contributed by atoms with van der Waals surface area (Å²) < 4.78 is 0. The zero-order chi connectivity index (χ0) is 15.2. The van der Waals surface area contributed by atoms with Crippen molar-refractivity contribution in [3.63, 3.8) is 0 Å². The molecule has 112 valence electrons. The van der Waals surface area contributed by atoms with Crippen LogP contribution in [-0.4, -0.2) is 16.9 Å². The van der Waals surface area contributed by atoms with Crippen molar-refractivity contribution in [3.05, 3.63) is 22.7 Å². The largest absolute Gasteiger partial charge is 0.397 e. The average Bonchev–Trinajstić information content (AvgIpc) is 2.92. The molecule has 0 aromatic carbocycles. The van der Waals surface area contributed by atoms with Gasteiger partial charge in [0.2, 0.25) is 0 Å². The van der Waals surface area contributed by atoms with Crippen molar-refractivity contribution in [2.75, 3.05) is 5.73 Å². The average molecular weight is 303 g/mol. The van der Waals surface area contributed by atoms with E-state index in [0.717, 1.165) is 28.6 Å². The van der Waals surface area contributed by atoms with Crippen LogP contribution in [0.5, 0.6) is 0 Å². The summed E-state index contributed by atoms with van der Waals surface area (Å²) in [5, 5.41) is 4.09. The third-order valence-corrected chi connectivity index (χ3v) is 5.72. The molecule has 2 aromatic rings. The molecule has 1 saturated carbocycles. The van der Waals surface area contributed by atoms with Gasteiger partial charge in [0.25, 0.3) is 5.91 Å². The van der Waals surface area contributed by atoms with E-state index in [4.69, 9.17) is 5.73 Å². The first-order valence-electron chi connectivity index (χ1n) is 7.34. The van der Waals surface area contributed by atoms with Crippen LogP contribution in [-0.2, 0) is 0 Å². The predicted molar refractivity (Wildman–Crippen MR) is 87.7 cm³/mol. The zero-order valence-electron chi connectivity index (χ0n) is 12.7. The molecule has 4 nitrogen and oxygen atoms in total. The Morgan fingerprint density at radius 3 is 2.90 bits per heavy atom. The van der Waals surface area contributed by atoms with Crippen molar-refractivity contribution >= 4 is 33.1 Å². The summed E-state index contributed by atoms with van der Waals surface area (Å²) in [6.07, 6.45) is 5.12. The molecule has 1 aliphatic carbocycles. The summed E-state index contributed by atoms with van der Waals surface area (Å²) in [5.74, 6) is -0.0603. The lowest BCUT2D eigenvalue weighted by atomic mass is 9.87. The molecule has 1 fully saturated rings. The van der Waals surface area contributed by atoms with Crippen molar-refractivity contribution in [3.8, 4) is 0 Å². The van der Waals surface area contributed by atoms with Gasteiger partial charge < -0.3 is 11.1 Å². The van der Waals surface area contributed by atoms with Crippen LogP contribution in [0.2, 0.25) is 0 Å². The Labute approximate surface area is 128 Å². The quantitative estimate of drug-likeness (QED) is 0.892.